The molecule has 0 atom stereocenters. The highest BCUT2D eigenvalue weighted by atomic mass is 14.1. The average molecular weight is 234 g/mol. The van der Waals surface area contributed by atoms with Gasteiger partial charge >= 0.3 is 0 Å². The second-order valence-electron chi connectivity index (χ2n) is 4.56. The Hall–Kier alpha value is -2.08. The van der Waals surface area contributed by atoms with Crippen molar-refractivity contribution in [1.29, 1.82) is 0 Å². The Morgan fingerprint density at radius 1 is 1.00 bits per heavy atom. The second-order valence-corrected chi connectivity index (χ2v) is 4.56. The first-order valence-electron chi connectivity index (χ1n) is 6.12. The maximum atomic E-state index is 4.06. The third-order valence-electron chi connectivity index (χ3n) is 3.37. The van der Waals surface area contributed by atoms with E-state index in [1.54, 1.807) is 0 Å². The van der Waals surface area contributed by atoms with Crippen LogP contribution in [0.15, 0.2) is 61.7 Å². The summed E-state index contributed by atoms with van der Waals surface area (Å²) in [5.74, 6) is 0. The first-order chi connectivity index (χ1) is 8.63. The van der Waals surface area contributed by atoms with Crippen LogP contribution < -0.4 is 0 Å². The van der Waals surface area contributed by atoms with Crippen LogP contribution in [-0.2, 0) is 0 Å². The lowest BCUT2D eigenvalue weighted by molar-refractivity contribution is 1.32. The molecule has 2 rings (SSSR count). The molecule has 2 aromatic rings. The van der Waals surface area contributed by atoms with E-state index in [4.69, 9.17) is 0 Å². The van der Waals surface area contributed by atoms with Crippen molar-refractivity contribution in [3.63, 3.8) is 0 Å². The lowest BCUT2D eigenvalue weighted by Crippen LogP contribution is -1.92. The maximum Gasteiger partial charge on any atom is -0.0152 e. The van der Waals surface area contributed by atoms with Crippen LogP contribution in [0, 0.1) is 13.8 Å². The lowest BCUT2D eigenvalue weighted by atomic mass is 9.92. The molecule has 0 radical (unpaired) electrons. The molecule has 0 nitrogen and oxygen atoms in total. The quantitative estimate of drug-likeness (QED) is 0.643. The first kappa shape index (κ1) is 12.4. The number of hydrogen-bond donors (Lipinski definition) is 0. The zero-order valence-electron chi connectivity index (χ0n) is 11.0. The van der Waals surface area contributed by atoms with Gasteiger partial charge in [0, 0.05) is 0 Å². The van der Waals surface area contributed by atoms with E-state index in [-0.39, 0.29) is 0 Å². The largest absolute Gasteiger partial charge is 0.0985 e. The van der Waals surface area contributed by atoms with E-state index >= 15 is 0 Å². The van der Waals surface area contributed by atoms with Gasteiger partial charge in [0.2, 0.25) is 0 Å². The first-order valence-corrected chi connectivity index (χ1v) is 6.12. The summed E-state index contributed by atoms with van der Waals surface area (Å²) in [7, 11) is 0. The van der Waals surface area contributed by atoms with Crippen LogP contribution in [0.25, 0.3) is 16.7 Å². The molecular formula is C18H18. The van der Waals surface area contributed by atoms with Gasteiger partial charge in [0.05, 0.1) is 0 Å². The van der Waals surface area contributed by atoms with Gasteiger partial charge in [0.25, 0.3) is 0 Å². The van der Waals surface area contributed by atoms with Gasteiger partial charge in [0.15, 0.2) is 0 Å². The Bertz CT molecular complexity index is 589. The zero-order chi connectivity index (χ0) is 13.1. The fourth-order valence-electron chi connectivity index (χ4n) is 2.10. The summed E-state index contributed by atoms with van der Waals surface area (Å²) in [6.07, 6.45) is 1.82. The summed E-state index contributed by atoms with van der Waals surface area (Å²) in [6, 6.07) is 14.8. The fourth-order valence-corrected chi connectivity index (χ4v) is 2.10. The Kier molecular flexibility index (Phi) is 3.47. The van der Waals surface area contributed by atoms with Crippen LogP contribution in [0.5, 0.6) is 0 Å². The average Bonchev–Trinajstić information content (AvgIpc) is 2.41. The van der Waals surface area contributed by atoms with Crippen molar-refractivity contribution < 1.29 is 0 Å². The number of allylic oxidation sites excluding steroid dienone is 2. The number of aryl methyl sites for hydroxylation is 1. The highest BCUT2D eigenvalue weighted by Crippen LogP contribution is 2.28. The molecule has 0 saturated heterocycles. The van der Waals surface area contributed by atoms with Crippen LogP contribution in [0.3, 0.4) is 0 Å². The van der Waals surface area contributed by atoms with E-state index in [0.717, 1.165) is 5.57 Å². The highest BCUT2D eigenvalue weighted by Gasteiger charge is 2.07. The van der Waals surface area contributed by atoms with Gasteiger partial charge in [0.1, 0.15) is 0 Å². The topological polar surface area (TPSA) is 0 Å². The van der Waals surface area contributed by atoms with Gasteiger partial charge < -0.3 is 0 Å². The van der Waals surface area contributed by atoms with Gasteiger partial charge in [-0.1, -0.05) is 55.6 Å². The van der Waals surface area contributed by atoms with Crippen molar-refractivity contribution in [1.82, 2.24) is 0 Å². The number of benzene rings is 2. The summed E-state index contributed by atoms with van der Waals surface area (Å²) >= 11 is 0. The Morgan fingerprint density at radius 3 is 2.28 bits per heavy atom. The third-order valence-corrected chi connectivity index (χ3v) is 3.37. The molecule has 0 N–H and O–H groups in total. The Labute approximate surface area is 109 Å². The van der Waals surface area contributed by atoms with Crippen molar-refractivity contribution in [2.75, 3.05) is 0 Å². The Morgan fingerprint density at radius 2 is 1.67 bits per heavy atom. The molecule has 0 aliphatic heterocycles. The van der Waals surface area contributed by atoms with E-state index in [0.29, 0.717) is 0 Å². The Balaban J connectivity index is 2.61. The molecule has 90 valence electrons. The SMILES string of the molecule is C=CC(=C)c1cc(-c2ccccc2)cc(C)c1C. The standard InChI is InChI=1S/C18H18/c1-5-13(2)18-12-17(11-14(3)15(18)4)16-9-7-6-8-10-16/h5-12H,1-2H2,3-4H3. The summed E-state index contributed by atoms with van der Waals surface area (Å²) in [6.45, 7) is 12.1. The van der Waals surface area contributed by atoms with E-state index in [9.17, 15) is 0 Å². The van der Waals surface area contributed by atoms with Crippen LogP contribution in [0.4, 0.5) is 0 Å². The molecule has 0 amide bonds. The van der Waals surface area contributed by atoms with Gasteiger partial charge in [-0.15, -0.1) is 0 Å². The summed E-state index contributed by atoms with van der Waals surface area (Å²) in [5.41, 5.74) is 7.20. The van der Waals surface area contributed by atoms with Crippen LogP contribution in [-0.4, -0.2) is 0 Å². The summed E-state index contributed by atoms with van der Waals surface area (Å²) < 4.78 is 0. The molecule has 2 aromatic carbocycles. The van der Waals surface area contributed by atoms with Crippen molar-refractivity contribution in [2.24, 2.45) is 0 Å². The van der Waals surface area contributed by atoms with Gasteiger partial charge in [-0.3, -0.25) is 0 Å². The molecule has 0 spiro atoms. The number of hydrogen-bond acceptors (Lipinski definition) is 0. The molecule has 0 aliphatic rings. The fraction of sp³-hybridized carbons (Fsp3) is 0.111. The third kappa shape index (κ3) is 2.28. The minimum atomic E-state index is 0.980. The molecule has 0 saturated carbocycles. The molecule has 0 aliphatic carbocycles. The van der Waals surface area contributed by atoms with Crippen molar-refractivity contribution >= 4 is 5.57 Å². The predicted octanol–water partition coefficient (Wildman–Crippen LogP) is 5.17. The smallest absolute Gasteiger partial charge is 0.0152 e. The minimum Gasteiger partial charge on any atom is -0.0985 e. The van der Waals surface area contributed by atoms with Crippen molar-refractivity contribution in [3.8, 4) is 11.1 Å². The molecule has 0 heteroatoms. The van der Waals surface area contributed by atoms with E-state index in [1.165, 1.54) is 27.8 Å². The highest BCUT2D eigenvalue weighted by molar-refractivity contribution is 5.79. The van der Waals surface area contributed by atoms with Gasteiger partial charge in [-0.2, -0.15) is 0 Å². The maximum absolute atomic E-state index is 4.06. The molecular weight excluding hydrogens is 216 g/mol. The molecule has 0 unspecified atom stereocenters. The molecule has 0 aromatic heterocycles. The molecule has 0 heterocycles. The van der Waals surface area contributed by atoms with Gasteiger partial charge in [-0.05, 0) is 53.3 Å². The van der Waals surface area contributed by atoms with Crippen molar-refractivity contribution in [2.45, 2.75) is 13.8 Å². The summed E-state index contributed by atoms with van der Waals surface area (Å²) in [4.78, 5) is 0. The number of rotatable bonds is 3. The van der Waals surface area contributed by atoms with Crippen LogP contribution >= 0.6 is 0 Å². The lowest BCUT2D eigenvalue weighted by Gasteiger charge is -2.12. The molecule has 0 bridgehead atoms. The molecule has 18 heavy (non-hydrogen) atoms. The predicted molar refractivity (Wildman–Crippen MR) is 80.6 cm³/mol. The van der Waals surface area contributed by atoms with Gasteiger partial charge in [-0.25, -0.2) is 0 Å². The van der Waals surface area contributed by atoms with Crippen LogP contribution in [0.1, 0.15) is 16.7 Å². The van der Waals surface area contributed by atoms with E-state index in [2.05, 4.69) is 63.4 Å². The summed E-state index contributed by atoms with van der Waals surface area (Å²) in [5, 5.41) is 0. The van der Waals surface area contributed by atoms with E-state index < -0.39 is 0 Å². The zero-order valence-corrected chi connectivity index (χ0v) is 11.0. The van der Waals surface area contributed by atoms with E-state index in [1.807, 2.05) is 12.1 Å². The minimum absolute atomic E-state index is 0.980. The van der Waals surface area contributed by atoms with Crippen molar-refractivity contribution in [3.05, 3.63) is 78.4 Å². The molecule has 0 fully saturated rings. The van der Waals surface area contributed by atoms with Crippen LogP contribution in [0.2, 0.25) is 0 Å². The second kappa shape index (κ2) is 5.05. The monoisotopic (exact) mass is 234 g/mol. The normalized spacial score (nSPS) is 10.1.